The Morgan fingerprint density at radius 2 is 2.31 bits per heavy atom. The smallest absolute Gasteiger partial charge is 0.411 e. The van der Waals surface area contributed by atoms with E-state index < -0.39 is 6.09 Å². The van der Waals surface area contributed by atoms with Gasteiger partial charge in [0, 0.05) is 12.7 Å². The first kappa shape index (κ1) is 9.07. The van der Waals surface area contributed by atoms with E-state index in [1.807, 2.05) is 0 Å². The highest BCUT2D eigenvalue weighted by molar-refractivity contribution is 5.86. The molecule has 0 atom stereocenters. The van der Waals surface area contributed by atoms with Gasteiger partial charge in [-0.05, 0) is 12.1 Å². The standard InChI is InChI=1S/C9H8N2O2/c1-10-7-4-3-5-8(6-7)11(2)9(12)13/h3-6H,2H3,(H,12,13). The van der Waals surface area contributed by atoms with Crippen LogP contribution in [0.4, 0.5) is 16.2 Å². The predicted molar refractivity (Wildman–Crippen MR) is 49.1 cm³/mol. The van der Waals surface area contributed by atoms with Crippen LogP contribution in [0.3, 0.4) is 0 Å². The van der Waals surface area contributed by atoms with E-state index in [1.54, 1.807) is 18.2 Å². The normalized spacial score (nSPS) is 8.92. The zero-order chi connectivity index (χ0) is 9.84. The summed E-state index contributed by atoms with van der Waals surface area (Å²) in [5, 5.41) is 8.65. The molecule has 1 amide bonds. The summed E-state index contributed by atoms with van der Waals surface area (Å²) in [4.78, 5) is 14.8. The third kappa shape index (κ3) is 1.97. The first-order valence-corrected chi connectivity index (χ1v) is 3.59. The van der Waals surface area contributed by atoms with Crippen LogP contribution in [0.2, 0.25) is 0 Å². The van der Waals surface area contributed by atoms with Crippen LogP contribution in [0, 0.1) is 6.57 Å². The summed E-state index contributed by atoms with van der Waals surface area (Å²) in [7, 11) is 1.44. The van der Waals surface area contributed by atoms with Crippen LogP contribution in [-0.2, 0) is 0 Å². The molecule has 66 valence electrons. The van der Waals surface area contributed by atoms with Crippen LogP contribution in [0.5, 0.6) is 0 Å². The van der Waals surface area contributed by atoms with Crippen molar-refractivity contribution in [1.29, 1.82) is 0 Å². The summed E-state index contributed by atoms with van der Waals surface area (Å²) in [5.41, 5.74) is 0.937. The quantitative estimate of drug-likeness (QED) is 0.667. The monoisotopic (exact) mass is 176 g/mol. The van der Waals surface area contributed by atoms with Crippen molar-refractivity contribution in [2.24, 2.45) is 0 Å². The lowest BCUT2D eigenvalue weighted by Crippen LogP contribution is -2.23. The van der Waals surface area contributed by atoms with Gasteiger partial charge in [-0.25, -0.2) is 9.64 Å². The van der Waals surface area contributed by atoms with Gasteiger partial charge in [0.1, 0.15) is 0 Å². The first-order valence-electron chi connectivity index (χ1n) is 3.59. The summed E-state index contributed by atoms with van der Waals surface area (Å²) < 4.78 is 0. The summed E-state index contributed by atoms with van der Waals surface area (Å²) in [6.45, 7) is 6.75. The maximum absolute atomic E-state index is 10.5. The minimum absolute atomic E-state index is 0.436. The van der Waals surface area contributed by atoms with Crippen molar-refractivity contribution in [1.82, 2.24) is 0 Å². The number of anilines is 1. The molecule has 0 aliphatic carbocycles. The maximum atomic E-state index is 10.5. The lowest BCUT2D eigenvalue weighted by atomic mass is 10.3. The largest absolute Gasteiger partial charge is 0.465 e. The summed E-state index contributed by atoms with van der Waals surface area (Å²) >= 11 is 0. The van der Waals surface area contributed by atoms with E-state index in [0.29, 0.717) is 11.4 Å². The molecule has 1 N–H and O–H groups in total. The first-order chi connectivity index (χ1) is 6.15. The molecule has 13 heavy (non-hydrogen) atoms. The average molecular weight is 176 g/mol. The molecule has 0 saturated carbocycles. The van der Waals surface area contributed by atoms with Gasteiger partial charge in [0.2, 0.25) is 0 Å². The number of carbonyl (C=O) groups is 1. The highest BCUT2D eigenvalue weighted by Gasteiger charge is 2.07. The fourth-order valence-corrected chi connectivity index (χ4v) is 0.882. The van der Waals surface area contributed by atoms with Crippen molar-refractivity contribution in [2.45, 2.75) is 0 Å². The van der Waals surface area contributed by atoms with Crippen molar-refractivity contribution >= 4 is 17.5 Å². The van der Waals surface area contributed by atoms with Crippen molar-refractivity contribution in [2.75, 3.05) is 11.9 Å². The molecule has 0 aliphatic rings. The zero-order valence-electron chi connectivity index (χ0n) is 7.06. The molecule has 0 bridgehead atoms. The molecular weight excluding hydrogens is 168 g/mol. The van der Waals surface area contributed by atoms with Crippen molar-refractivity contribution in [3.8, 4) is 0 Å². The van der Waals surface area contributed by atoms with Crippen LogP contribution in [0.25, 0.3) is 4.85 Å². The van der Waals surface area contributed by atoms with E-state index in [2.05, 4.69) is 4.85 Å². The van der Waals surface area contributed by atoms with Gasteiger partial charge >= 0.3 is 6.09 Å². The van der Waals surface area contributed by atoms with Gasteiger partial charge in [-0.1, -0.05) is 12.1 Å². The number of benzene rings is 1. The highest BCUT2D eigenvalue weighted by Crippen LogP contribution is 2.20. The Morgan fingerprint density at radius 1 is 1.62 bits per heavy atom. The van der Waals surface area contributed by atoms with Crippen LogP contribution < -0.4 is 4.90 Å². The number of nitrogens with zero attached hydrogens (tertiary/aromatic N) is 2. The van der Waals surface area contributed by atoms with Crippen molar-refractivity contribution < 1.29 is 9.90 Å². The van der Waals surface area contributed by atoms with Gasteiger partial charge < -0.3 is 5.11 Å². The van der Waals surface area contributed by atoms with Gasteiger partial charge in [-0.3, -0.25) is 4.90 Å². The number of hydrogen-bond donors (Lipinski definition) is 1. The molecule has 0 unspecified atom stereocenters. The Balaban J connectivity index is 3.03. The maximum Gasteiger partial charge on any atom is 0.411 e. The lowest BCUT2D eigenvalue weighted by Gasteiger charge is -2.12. The van der Waals surface area contributed by atoms with Gasteiger partial charge in [-0.2, -0.15) is 0 Å². The molecular formula is C9H8N2O2. The van der Waals surface area contributed by atoms with Gasteiger partial charge in [0.25, 0.3) is 0 Å². The molecule has 1 aromatic carbocycles. The van der Waals surface area contributed by atoms with E-state index in [-0.39, 0.29) is 0 Å². The molecule has 0 saturated heterocycles. The molecule has 0 spiro atoms. The Hall–Kier alpha value is -2.02. The zero-order valence-corrected chi connectivity index (χ0v) is 7.06. The van der Waals surface area contributed by atoms with Gasteiger partial charge in [0.15, 0.2) is 5.69 Å². The van der Waals surface area contributed by atoms with Gasteiger partial charge in [-0.15, -0.1) is 0 Å². The second-order valence-electron chi connectivity index (χ2n) is 2.47. The fourth-order valence-electron chi connectivity index (χ4n) is 0.882. The van der Waals surface area contributed by atoms with Crippen molar-refractivity contribution in [3.63, 3.8) is 0 Å². The molecule has 0 aromatic heterocycles. The van der Waals surface area contributed by atoms with E-state index in [9.17, 15) is 4.79 Å². The fraction of sp³-hybridized carbons (Fsp3) is 0.111. The number of amides is 1. The number of hydrogen-bond acceptors (Lipinski definition) is 1. The van der Waals surface area contributed by atoms with Crippen LogP contribution >= 0.6 is 0 Å². The van der Waals surface area contributed by atoms with Crippen LogP contribution in [0.15, 0.2) is 24.3 Å². The predicted octanol–water partition coefficient (Wildman–Crippen LogP) is 2.35. The van der Waals surface area contributed by atoms with Gasteiger partial charge in [0.05, 0.1) is 6.57 Å². The molecule has 0 radical (unpaired) electrons. The second kappa shape index (κ2) is 3.59. The average Bonchev–Trinajstić information content (AvgIpc) is 2.16. The molecule has 1 aromatic rings. The minimum Gasteiger partial charge on any atom is -0.465 e. The van der Waals surface area contributed by atoms with E-state index in [4.69, 9.17) is 11.7 Å². The molecule has 0 heterocycles. The van der Waals surface area contributed by atoms with E-state index in [0.717, 1.165) is 4.90 Å². The Morgan fingerprint density at radius 3 is 2.85 bits per heavy atom. The Labute approximate surface area is 75.8 Å². The highest BCUT2D eigenvalue weighted by atomic mass is 16.4. The van der Waals surface area contributed by atoms with E-state index >= 15 is 0 Å². The Kier molecular flexibility index (Phi) is 2.50. The molecule has 4 heteroatoms. The third-order valence-corrected chi connectivity index (χ3v) is 1.63. The molecule has 0 aliphatic heterocycles. The topological polar surface area (TPSA) is 44.9 Å². The SMILES string of the molecule is [C-]#[N+]c1cccc(N(C)C(=O)O)c1. The minimum atomic E-state index is -1.04. The number of carboxylic acid groups (broad SMARTS) is 1. The van der Waals surface area contributed by atoms with Crippen molar-refractivity contribution in [3.05, 3.63) is 35.7 Å². The summed E-state index contributed by atoms with van der Waals surface area (Å²) in [5.74, 6) is 0. The Bertz CT molecular complexity index is 368. The second-order valence-corrected chi connectivity index (χ2v) is 2.47. The molecule has 1 rings (SSSR count). The lowest BCUT2D eigenvalue weighted by molar-refractivity contribution is 0.203. The third-order valence-electron chi connectivity index (χ3n) is 1.63. The summed E-state index contributed by atoms with van der Waals surface area (Å²) in [6.07, 6.45) is -1.04. The number of rotatable bonds is 1. The molecule has 0 fully saturated rings. The molecule has 4 nitrogen and oxygen atoms in total. The van der Waals surface area contributed by atoms with Crippen LogP contribution in [-0.4, -0.2) is 18.2 Å². The van der Waals surface area contributed by atoms with Crippen LogP contribution in [0.1, 0.15) is 0 Å². The summed E-state index contributed by atoms with van der Waals surface area (Å²) in [6, 6.07) is 6.46. The van der Waals surface area contributed by atoms with E-state index in [1.165, 1.54) is 13.1 Å².